The molecule has 3 unspecified atom stereocenters. The van der Waals surface area contributed by atoms with E-state index in [0.717, 1.165) is 35.4 Å². The molecule has 0 radical (unpaired) electrons. The number of fused-ring (bicyclic) bond motifs is 1. The van der Waals surface area contributed by atoms with E-state index in [1.54, 1.807) is 26.5 Å². The number of carbonyl (C=O) groups excluding carboxylic acids is 1. The zero-order chi connectivity index (χ0) is 23.0. The molecule has 1 aliphatic heterocycles. The average Bonchev–Trinajstić information content (AvgIpc) is 3.36. The molecular weight excluding hydrogens is 453 g/mol. The van der Waals surface area contributed by atoms with Crippen LogP contribution in [0.2, 0.25) is 10.0 Å². The number of rotatable bonds is 6. The maximum atomic E-state index is 11.9. The highest BCUT2D eigenvalue weighted by Crippen LogP contribution is 2.47. The highest BCUT2D eigenvalue weighted by Gasteiger charge is 2.37. The lowest BCUT2D eigenvalue weighted by Gasteiger charge is -2.28. The Morgan fingerprint density at radius 1 is 1.31 bits per heavy atom. The number of ether oxygens (including phenoxy) is 2. The number of amides is 1. The Kier molecular flexibility index (Phi) is 6.35. The average molecular weight is 478 g/mol. The van der Waals surface area contributed by atoms with Crippen molar-refractivity contribution in [2.24, 2.45) is 5.10 Å². The maximum absolute atomic E-state index is 11.9. The van der Waals surface area contributed by atoms with Crippen LogP contribution in [0.15, 0.2) is 23.8 Å². The van der Waals surface area contributed by atoms with E-state index < -0.39 is 0 Å². The number of likely N-dealkylation sites (N-methyl/N-ethyl adjacent to an activating group) is 1. The number of H-pyrrole nitrogens is 1. The van der Waals surface area contributed by atoms with Crippen LogP contribution in [0.5, 0.6) is 11.5 Å². The molecule has 2 aromatic rings. The standard InChI is InChI=1S/C22H25Cl2N5O3/c1-5-17(30)26-14-10-25-29(2)22(14)21-12-7-6-11(8-13(12)27-28-21)18-19(23)15(31-3)9-16(32-4)20(18)24/h5,9-11,14,22H,1,6-8H2,2-4H3,(H,26,30)(H,27,28). The van der Waals surface area contributed by atoms with Gasteiger partial charge in [0, 0.05) is 30.6 Å². The van der Waals surface area contributed by atoms with Gasteiger partial charge in [0.05, 0.1) is 36.0 Å². The summed E-state index contributed by atoms with van der Waals surface area (Å²) in [5.74, 6) is 0.894. The number of hydrogen-bond donors (Lipinski definition) is 2. The Labute approximate surface area is 196 Å². The third-order valence-corrected chi connectivity index (χ3v) is 6.90. The molecule has 1 aliphatic carbocycles. The second-order valence-corrected chi connectivity index (χ2v) is 8.61. The number of hydrazone groups is 1. The van der Waals surface area contributed by atoms with Crippen LogP contribution in [0.3, 0.4) is 0 Å². The number of carbonyl (C=O) groups is 1. The second-order valence-electron chi connectivity index (χ2n) is 7.85. The Hall–Kier alpha value is -2.71. The smallest absolute Gasteiger partial charge is 0.243 e. The molecule has 32 heavy (non-hydrogen) atoms. The molecule has 10 heteroatoms. The molecule has 2 aliphatic rings. The molecule has 170 valence electrons. The molecule has 1 aromatic carbocycles. The first-order valence-electron chi connectivity index (χ1n) is 10.2. The van der Waals surface area contributed by atoms with Gasteiger partial charge in [0.2, 0.25) is 5.91 Å². The van der Waals surface area contributed by atoms with E-state index in [1.807, 2.05) is 12.1 Å². The number of methoxy groups -OCH3 is 2. The Morgan fingerprint density at radius 3 is 2.62 bits per heavy atom. The molecule has 0 spiro atoms. The van der Waals surface area contributed by atoms with Gasteiger partial charge in [0.1, 0.15) is 17.5 Å². The monoisotopic (exact) mass is 477 g/mol. The molecule has 2 N–H and O–H groups in total. The van der Waals surface area contributed by atoms with Gasteiger partial charge in [-0.3, -0.25) is 14.9 Å². The first-order chi connectivity index (χ1) is 15.4. The van der Waals surface area contributed by atoms with Crippen LogP contribution in [0.1, 0.15) is 40.9 Å². The van der Waals surface area contributed by atoms with E-state index >= 15 is 0 Å². The van der Waals surface area contributed by atoms with E-state index in [0.29, 0.717) is 28.0 Å². The topological polar surface area (TPSA) is 91.8 Å². The summed E-state index contributed by atoms with van der Waals surface area (Å²) in [4.78, 5) is 11.9. The minimum Gasteiger partial charge on any atom is -0.495 e. The molecule has 8 nitrogen and oxygen atoms in total. The highest BCUT2D eigenvalue weighted by atomic mass is 35.5. The third kappa shape index (κ3) is 3.82. The molecular formula is C22H25Cl2N5O3. The lowest BCUT2D eigenvalue weighted by Crippen LogP contribution is -2.40. The van der Waals surface area contributed by atoms with Crippen LogP contribution in [0.4, 0.5) is 0 Å². The molecule has 0 saturated carbocycles. The molecule has 0 fully saturated rings. The molecule has 1 aromatic heterocycles. The fourth-order valence-corrected chi connectivity index (χ4v) is 5.34. The fraction of sp³-hybridized carbons (Fsp3) is 0.409. The number of aromatic amines is 1. The van der Waals surface area contributed by atoms with Crippen molar-refractivity contribution in [2.75, 3.05) is 21.3 Å². The molecule has 0 bridgehead atoms. The van der Waals surface area contributed by atoms with Crippen LogP contribution in [0.25, 0.3) is 0 Å². The van der Waals surface area contributed by atoms with Gasteiger partial charge in [-0.2, -0.15) is 10.2 Å². The summed E-state index contributed by atoms with van der Waals surface area (Å²) in [5, 5.41) is 17.9. The van der Waals surface area contributed by atoms with Gasteiger partial charge >= 0.3 is 0 Å². The largest absolute Gasteiger partial charge is 0.495 e. The summed E-state index contributed by atoms with van der Waals surface area (Å²) in [6.07, 6.45) is 5.28. The summed E-state index contributed by atoms with van der Waals surface area (Å²) in [6, 6.07) is 1.21. The van der Waals surface area contributed by atoms with Crippen molar-refractivity contribution in [3.05, 3.63) is 51.3 Å². The summed E-state index contributed by atoms with van der Waals surface area (Å²) >= 11 is 13.3. The normalized spacial score (nSPS) is 21.9. The van der Waals surface area contributed by atoms with Crippen LogP contribution in [-0.2, 0) is 17.6 Å². The molecule has 2 heterocycles. The lowest BCUT2D eigenvalue weighted by molar-refractivity contribution is -0.117. The summed E-state index contributed by atoms with van der Waals surface area (Å²) < 4.78 is 10.9. The van der Waals surface area contributed by atoms with E-state index in [1.165, 1.54) is 6.08 Å². The van der Waals surface area contributed by atoms with Crippen molar-refractivity contribution in [1.82, 2.24) is 20.5 Å². The van der Waals surface area contributed by atoms with Crippen molar-refractivity contribution in [1.29, 1.82) is 0 Å². The van der Waals surface area contributed by atoms with Gasteiger partial charge in [-0.15, -0.1) is 0 Å². The minimum absolute atomic E-state index is 0.0774. The Bertz CT molecular complexity index is 1060. The lowest BCUT2D eigenvalue weighted by atomic mass is 9.81. The molecule has 1 amide bonds. The Morgan fingerprint density at radius 2 is 2.00 bits per heavy atom. The van der Waals surface area contributed by atoms with Crippen molar-refractivity contribution in [2.45, 2.75) is 37.3 Å². The summed E-state index contributed by atoms with van der Waals surface area (Å²) in [7, 11) is 5.01. The first-order valence-corrected chi connectivity index (χ1v) is 11.0. The van der Waals surface area contributed by atoms with E-state index in [-0.39, 0.29) is 23.9 Å². The second kappa shape index (κ2) is 9.03. The first kappa shape index (κ1) is 22.5. The minimum atomic E-state index is -0.290. The van der Waals surface area contributed by atoms with Crippen molar-refractivity contribution < 1.29 is 14.3 Å². The van der Waals surface area contributed by atoms with Gasteiger partial charge in [-0.05, 0) is 36.8 Å². The zero-order valence-corrected chi connectivity index (χ0v) is 19.6. The summed E-state index contributed by atoms with van der Waals surface area (Å²) in [5.41, 5.74) is 3.87. The maximum Gasteiger partial charge on any atom is 0.243 e. The molecule has 3 atom stereocenters. The summed E-state index contributed by atoms with van der Waals surface area (Å²) in [6.45, 7) is 3.52. The fourth-order valence-electron chi connectivity index (χ4n) is 4.54. The van der Waals surface area contributed by atoms with Crippen LogP contribution >= 0.6 is 23.2 Å². The number of halogens is 2. The van der Waals surface area contributed by atoms with E-state index in [9.17, 15) is 4.79 Å². The molecule has 4 rings (SSSR count). The predicted octanol–water partition coefficient (Wildman–Crippen LogP) is 3.65. The van der Waals surface area contributed by atoms with Crippen LogP contribution in [0, 0.1) is 0 Å². The highest BCUT2D eigenvalue weighted by molar-refractivity contribution is 6.38. The number of nitrogens with one attached hydrogen (secondary N) is 2. The Balaban J connectivity index is 1.64. The molecule has 0 saturated heterocycles. The van der Waals surface area contributed by atoms with Crippen molar-refractivity contribution in [3.63, 3.8) is 0 Å². The van der Waals surface area contributed by atoms with E-state index in [2.05, 4.69) is 27.2 Å². The number of nitrogens with zero attached hydrogens (tertiary/aromatic N) is 3. The van der Waals surface area contributed by atoms with Crippen LogP contribution in [-0.4, -0.2) is 54.6 Å². The zero-order valence-electron chi connectivity index (χ0n) is 18.1. The van der Waals surface area contributed by atoms with Gasteiger partial charge in [0.25, 0.3) is 0 Å². The SMILES string of the molecule is C=CC(=O)NC1C=NN(C)C1c1n[nH]c2c1CCC(c1c(Cl)c(OC)cc(OC)c1Cl)C2. The van der Waals surface area contributed by atoms with Gasteiger partial charge in [0.15, 0.2) is 0 Å². The quantitative estimate of drug-likeness (QED) is 0.619. The third-order valence-electron chi connectivity index (χ3n) is 6.12. The van der Waals surface area contributed by atoms with Gasteiger partial charge < -0.3 is 14.8 Å². The van der Waals surface area contributed by atoms with Crippen molar-refractivity contribution in [3.8, 4) is 11.5 Å². The van der Waals surface area contributed by atoms with Crippen molar-refractivity contribution >= 4 is 35.3 Å². The van der Waals surface area contributed by atoms with E-state index in [4.69, 9.17) is 32.7 Å². The van der Waals surface area contributed by atoms with Gasteiger partial charge in [-0.1, -0.05) is 29.8 Å². The number of hydrogen-bond acceptors (Lipinski definition) is 6. The number of aromatic nitrogens is 2. The van der Waals surface area contributed by atoms with Gasteiger partial charge in [-0.25, -0.2) is 0 Å². The predicted molar refractivity (Wildman–Crippen MR) is 124 cm³/mol. The van der Waals surface area contributed by atoms with Crippen LogP contribution < -0.4 is 14.8 Å². The number of benzene rings is 1.